The van der Waals surface area contributed by atoms with Crippen LogP contribution < -0.4 is 0 Å². The van der Waals surface area contributed by atoms with Crippen LogP contribution in [0.1, 0.15) is 49.8 Å². The first-order chi connectivity index (χ1) is 9.38. The van der Waals surface area contributed by atoms with Crippen LogP contribution in [0, 0.1) is 0 Å². The number of piperidine rings is 1. The Morgan fingerprint density at radius 1 is 1.11 bits per heavy atom. The van der Waals surface area contributed by atoms with Gasteiger partial charge in [-0.1, -0.05) is 6.42 Å². The summed E-state index contributed by atoms with van der Waals surface area (Å²) in [6.07, 6.45) is 8.18. The van der Waals surface area contributed by atoms with Crippen LogP contribution in [0.15, 0.2) is 0 Å². The van der Waals surface area contributed by atoms with E-state index in [2.05, 4.69) is 19.7 Å². The fraction of sp³-hybridized carbons (Fsp3) is 0.857. The van der Waals surface area contributed by atoms with Crippen molar-refractivity contribution in [3.8, 4) is 0 Å². The highest BCUT2D eigenvalue weighted by Crippen LogP contribution is 2.25. The van der Waals surface area contributed by atoms with Crippen LogP contribution >= 0.6 is 0 Å². The standard InChI is InChI=1S/C14H24N4O/c19-11-12-5-4-6-13-15-16-14(18(12)13)7-10-17-8-2-1-3-9-17/h12,19H,1-11H2. The van der Waals surface area contributed by atoms with E-state index in [4.69, 9.17) is 0 Å². The van der Waals surface area contributed by atoms with Gasteiger partial charge in [0.2, 0.25) is 0 Å². The summed E-state index contributed by atoms with van der Waals surface area (Å²) in [5.41, 5.74) is 0. The number of hydrogen-bond acceptors (Lipinski definition) is 4. The summed E-state index contributed by atoms with van der Waals surface area (Å²) in [6, 6.07) is 0.204. The Balaban J connectivity index is 1.66. The number of aliphatic hydroxyl groups excluding tert-OH is 1. The van der Waals surface area contributed by atoms with Gasteiger partial charge < -0.3 is 14.6 Å². The van der Waals surface area contributed by atoms with E-state index >= 15 is 0 Å². The molecule has 0 radical (unpaired) electrons. The molecule has 0 bridgehead atoms. The molecule has 0 saturated carbocycles. The van der Waals surface area contributed by atoms with E-state index in [9.17, 15) is 5.11 Å². The van der Waals surface area contributed by atoms with Crippen LogP contribution in [0.2, 0.25) is 0 Å². The second-order valence-corrected chi connectivity index (χ2v) is 5.78. The van der Waals surface area contributed by atoms with Crippen molar-refractivity contribution >= 4 is 0 Å². The Labute approximate surface area is 114 Å². The highest BCUT2D eigenvalue weighted by molar-refractivity contribution is 5.03. The van der Waals surface area contributed by atoms with Gasteiger partial charge in [-0.15, -0.1) is 10.2 Å². The lowest BCUT2D eigenvalue weighted by atomic mass is 10.0. The molecule has 106 valence electrons. The van der Waals surface area contributed by atoms with Crippen LogP contribution in [0.5, 0.6) is 0 Å². The van der Waals surface area contributed by atoms with Crippen LogP contribution in [-0.2, 0) is 12.8 Å². The molecule has 1 fully saturated rings. The normalized spacial score (nSPS) is 24.4. The molecule has 0 aromatic carbocycles. The predicted molar refractivity (Wildman–Crippen MR) is 73.1 cm³/mol. The van der Waals surface area contributed by atoms with Crippen molar-refractivity contribution in [2.45, 2.75) is 51.0 Å². The summed E-state index contributed by atoms with van der Waals surface area (Å²) < 4.78 is 2.20. The number of fused-ring (bicyclic) bond motifs is 1. The number of aliphatic hydroxyl groups is 1. The molecule has 2 aliphatic heterocycles. The molecule has 5 nitrogen and oxygen atoms in total. The van der Waals surface area contributed by atoms with Gasteiger partial charge in [0, 0.05) is 19.4 Å². The summed E-state index contributed by atoms with van der Waals surface area (Å²) in [4.78, 5) is 2.53. The van der Waals surface area contributed by atoms with Crippen LogP contribution in [0.25, 0.3) is 0 Å². The summed E-state index contributed by atoms with van der Waals surface area (Å²) in [7, 11) is 0. The molecule has 1 aromatic rings. The highest BCUT2D eigenvalue weighted by atomic mass is 16.3. The van der Waals surface area contributed by atoms with Gasteiger partial charge in [0.05, 0.1) is 12.6 Å². The molecular formula is C14H24N4O. The summed E-state index contributed by atoms with van der Waals surface area (Å²) >= 11 is 0. The lowest BCUT2D eigenvalue weighted by Gasteiger charge is -2.27. The first kappa shape index (κ1) is 13.1. The summed E-state index contributed by atoms with van der Waals surface area (Å²) in [5, 5.41) is 18.2. The molecular weight excluding hydrogens is 240 g/mol. The van der Waals surface area contributed by atoms with Gasteiger partial charge in [-0.25, -0.2) is 0 Å². The monoisotopic (exact) mass is 264 g/mol. The Morgan fingerprint density at radius 3 is 2.74 bits per heavy atom. The third kappa shape index (κ3) is 2.82. The molecule has 3 rings (SSSR count). The van der Waals surface area contributed by atoms with Gasteiger partial charge in [-0.05, 0) is 38.8 Å². The zero-order valence-electron chi connectivity index (χ0n) is 11.6. The molecule has 0 aliphatic carbocycles. The van der Waals surface area contributed by atoms with Gasteiger partial charge in [-0.3, -0.25) is 0 Å². The Bertz CT molecular complexity index is 412. The van der Waals surface area contributed by atoms with Crippen LogP contribution in [-0.4, -0.2) is 51.0 Å². The van der Waals surface area contributed by atoms with Crippen molar-refractivity contribution in [2.75, 3.05) is 26.2 Å². The van der Waals surface area contributed by atoms with Gasteiger partial charge in [0.1, 0.15) is 11.6 Å². The van der Waals surface area contributed by atoms with Crippen LogP contribution in [0.3, 0.4) is 0 Å². The Morgan fingerprint density at radius 2 is 1.95 bits per heavy atom. The lowest BCUT2D eigenvalue weighted by Crippen LogP contribution is -2.32. The molecule has 3 heterocycles. The summed E-state index contributed by atoms with van der Waals surface area (Å²) in [6.45, 7) is 3.74. The van der Waals surface area contributed by atoms with Crippen molar-refractivity contribution in [3.63, 3.8) is 0 Å². The number of aromatic nitrogens is 3. The molecule has 0 amide bonds. The average Bonchev–Trinajstić information content (AvgIpc) is 2.89. The van der Waals surface area contributed by atoms with Gasteiger partial charge in [0.15, 0.2) is 0 Å². The van der Waals surface area contributed by atoms with Crippen molar-refractivity contribution in [1.82, 2.24) is 19.7 Å². The fourth-order valence-electron chi connectivity index (χ4n) is 3.36. The van der Waals surface area contributed by atoms with Gasteiger partial charge in [0.25, 0.3) is 0 Å². The second-order valence-electron chi connectivity index (χ2n) is 5.78. The third-order valence-corrected chi connectivity index (χ3v) is 4.45. The third-order valence-electron chi connectivity index (χ3n) is 4.45. The van der Waals surface area contributed by atoms with E-state index in [1.165, 1.54) is 32.4 Å². The lowest BCUT2D eigenvalue weighted by molar-refractivity contribution is 0.199. The van der Waals surface area contributed by atoms with Gasteiger partial charge in [-0.2, -0.15) is 0 Å². The molecule has 19 heavy (non-hydrogen) atoms. The zero-order chi connectivity index (χ0) is 13.1. The van der Waals surface area contributed by atoms with E-state index in [-0.39, 0.29) is 12.6 Å². The predicted octanol–water partition coefficient (Wildman–Crippen LogP) is 1.18. The van der Waals surface area contributed by atoms with E-state index in [0.717, 1.165) is 43.9 Å². The minimum absolute atomic E-state index is 0.204. The van der Waals surface area contributed by atoms with E-state index in [1.54, 1.807) is 0 Å². The molecule has 5 heteroatoms. The van der Waals surface area contributed by atoms with Crippen LogP contribution in [0.4, 0.5) is 0 Å². The van der Waals surface area contributed by atoms with Crippen molar-refractivity contribution in [1.29, 1.82) is 0 Å². The topological polar surface area (TPSA) is 54.2 Å². The largest absolute Gasteiger partial charge is 0.394 e. The highest BCUT2D eigenvalue weighted by Gasteiger charge is 2.24. The first-order valence-electron chi connectivity index (χ1n) is 7.64. The maximum atomic E-state index is 9.51. The molecule has 2 aliphatic rings. The van der Waals surface area contributed by atoms with Crippen molar-refractivity contribution < 1.29 is 5.11 Å². The number of likely N-dealkylation sites (tertiary alicyclic amines) is 1. The first-order valence-corrected chi connectivity index (χ1v) is 7.64. The smallest absolute Gasteiger partial charge is 0.134 e. The summed E-state index contributed by atoms with van der Waals surface area (Å²) in [5.74, 6) is 2.14. The molecule has 1 unspecified atom stereocenters. The minimum Gasteiger partial charge on any atom is -0.394 e. The Hall–Kier alpha value is -0.940. The maximum Gasteiger partial charge on any atom is 0.134 e. The number of nitrogens with zero attached hydrogens (tertiary/aromatic N) is 4. The molecule has 1 saturated heterocycles. The van der Waals surface area contributed by atoms with E-state index in [1.807, 2.05) is 0 Å². The van der Waals surface area contributed by atoms with Gasteiger partial charge >= 0.3 is 0 Å². The maximum absolute atomic E-state index is 9.51. The SMILES string of the molecule is OCC1CCCc2nnc(CCN3CCCCC3)n21. The fourth-order valence-corrected chi connectivity index (χ4v) is 3.36. The molecule has 1 aromatic heterocycles. The van der Waals surface area contributed by atoms with Crippen molar-refractivity contribution in [2.24, 2.45) is 0 Å². The number of hydrogen-bond donors (Lipinski definition) is 1. The van der Waals surface area contributed by atoms with Crippen molar-refractivity contribution in [3.05, 3.63) is 11.6 Å². The number of aryl methyl sites for hydroxylation is 1. The van der Waals surface area contributed by atoms with E-state index in [0.29, 0.717) is 0 Å². The zero-order valence-corrected chi connectivity index (χ0v) is 11.6. The van der Waals surface area contributed by atoms with E-state index < -0.39 is 0 Å². The molecule has 0 spiro atoms. The number of rotatable bonds is 4. The Kier molecular flexibility index (Phi) is 4.13. The minimum atomic E-state index is 0.204. The average molecular weight is 264 g/mol. The molecule has 1 N–H and O–H groups in total. The second kappa shape index (κ2) is 6.01. The quantitative estimate of drug-likeness (QED) is 0.887. The molecule has 1 atom stereocenters.